The summed E-state index contributed by atoms with van der Waals surface area (Å²) >= 11 is 0. The van der Waals surface area contributed by atoms with Crippen molar-refractivity contribution < 1.29 is 9.47 Å². The Hall–Kier alpha value is -1.80. The SMILES string of the molecule is COCC(C)NC(N)=NCCc1cccc(OCCCc2ccccc2)c1.I. The van der Waals surface area contributed by atoms with Crippen LogP contribution in [0.1, 0.15) is 24.5 Å². The molecular weight excluding hydrogens is 465 g/mol. The van der Waals surface area contributed by atoms with Crippen LogP contribution in [0.2, 0.25) is 0 Å². The smallest absolute Gasteiger partial charge is 0.188 e. The largest absolute Gasteiger partial charge is 0.494 e. The maximum absolute atomic E-state index is 5.89. The number of halogens is 1. The molecule has 0 heterocycles. The molecule has 0 radical (unpaired) electrons. The van der Waals surface area contributed by atoms with Gasteiger partial charge in [0.2, 0.25) is 0 Å². The number of benzene rings is 2. The van der Waals surface area contributed by atoms with Crippen LogP contribution in [0.15, 0.2) is 59.6 Å². The zero-order valence-electron chi connectivity index (χ0n) is 16.8. The minimum atomic E-state index is 0. The molecule has 0 saturated heterocycles. The van der Waals surface area contributed by atoms with E-state index in [1.54, 1.807) is 7.11 Å². The quantitative estimate of drug-likeness (QED) is 0.215. The molecule has 1 unspecified atom stereocenters. The molecule has 0 aliphatic rings. The number of rotatable bonds is 11. The molecule has 2 aromatic rings. The summed E-state index contributed by atoms with van der Waals surface area (Å²) < 4.78 is 11.0. The van der Waals surface area contributed by atoms with Crippen molar-refractivity contribution in [1.29, 1.82) is 0 Å². The molecule has 0 aliphatic heterocycles. The van der Waals surface area contributed by atoms with E-state index < -0.39 is 0 Å². The van der Waals surface area contributed by atoms with Gasteiger partial charge >= 0.3 is 0 Å². The van der Waals surface area contributed by atoms with Crippen molar-refractivity contribution in [2.45, 2.75) is 32.2 Å². The Labute approximate surface area is 185 Å². The molecule has 5 nitrogen and oxygen atoms in total. The van der Waals surface area contributed by atoms with Gasteiger partial charge in [0.05, 0.1) is 13.2 Å². The monoisotopic (exact) mass is 497 g/mol. The van der Waals surface area contributed by atoms with Crippen molar-refractivity contribution in [3.8, 4) is 5.75 Å². The minimum absolute atomic E-state index is 0. The van der Waals surface area contributed by atoms with E-state index in [4.69, 9.17) is 15.2 Å². The second-order valence-corrected chi connectivity index (χ2v) is 6.60. The van der Waals surface area contributed by atoms with Crippen molar-refractivity contribution in [2.24, 2.45) is 10.7 Å². The summed E-state index contributed by atoms with van der Waals surface area (Å²) in [6.45, 7) is 3.95. The summed E-state index contributed by atoms with van der Waals surface area (Å²) in [5, 5.41) is 3.10. The molecule has 0 bridgehead atoms. The van der Waals surface area contributed by atoms with Gasteiger partial charge in [0.25, 0.3) is 0 Å². The van der Waals surface area contributed by atoms with Crippen molar-refractivity contribution in [2.75, 3.05) is 26.9 Å². The van der Waals surface area contributed by atoms with E-state index in [9.17, 15) is 0 Å². The van der Waals surface area contributed by atoms with E-state index in [0.29, 0.717) is 25.7 Å². The molecular formula is C22H32IN3O2. The first-order valence-electron chi connectivity index (χ1n) is 9.48. The molecule has 2 aromatic carbocycles. The molecule has 1 atom stereocenters. The van der Waals surface area contributed by atoms with Crippen LogP contribution in [0.5, 0.6) is 5.75 Å². The third-order valence-electron chi connectivity index (χ3n) is 4.11. The normalized spacial score (nSPS) is 12.1. The highest BCUT2D eigenvalue weighted by atomic mass is 127. The molecule has 28 heavy (non-hydrogen) atoms. The van der Waals surface area contributed by atoms with Gasteiger partial charge in [0, 0.05) is 19.7 Å². The molecule has 6 heteroatoms. The fourth-order valence-electron chi connectivity index (χ4n) is 2.80. The second-order valence-electron chi connectivity index (χ2n) is 6.60. The lowest BCUT2D eigenvalue weighted by Gasteiger charge is -2.13. The Kier molecular flexibility index (Phi) is 12.3. The highest BCUT2D eigenvalue weighted by molar-refractivity contribution is 14.0. The molecule has 0 amide bonds. The number of methoxy groups -OCH3 is 1. The molecule has 3 N–H and O–H groups in total. The summed E-state index contributed by atoms with van der Waals surface area (Å²) in [6.07, 6.45) is 2.85. The van der Waals surface area contributed by atoms with Crippen LogP contribution in [-0.4, -0.2) is 38.9 Å². The Morgan fingerprint density at radius 3 is 2.57 bits per heavy atom. The summed E-state index contributed by atoms with van der Waals surface area (Å²) in [5.41, 5.74) is 8.42. The fraction of sp³-hybridized carbons (Fsp3) is 0.409. The highest BCUT2D eigenvalue weighted by Crippen LogP contribution is 2.14. The molecule has 0 fully saturated rings. The number of hydrogen-bond acceptors (Lipinski definition) is 3. The van der Waals surface area contributed by atoms with Crippen LogP contribution in [-0.2, 0) is 17.6 Å². The second kappa shape index (κ2) is 14.2. The lowest BCUT2D eigenvalue weighted by atomic mass is 10.1. The third kappa shape index (κ3) is 9.94. The van der Waals surface area contributed by atoms with Gasteiger partial charge in [0.15, 0.2) is 5.96 Å². The summed E-state index contributed by atoms with van der Waals surface area (Å²) in [5.74, 6) is 1.36. The molecule has 0 spiro atoms. The number of ether oxygens (including phenoxy) is 2. The van der Waals surface area contributed by atoms with Crippen molar-refractivity contribution in [3.05, 3.63) is 65.7 Å². The van der Waals surface area contributed by atoms with Gasteiger partial charge in [-0.3, -0.25) is 4.99 Å². The van der Waals surface area contributed by atoms with Crippen LogP contribution in [0.3, 0.4) is 0 Å². The maximum atomic E-state index is 5.89. The topological polar surface area (TPSA) is 68.9 Å². The Morgan fingerprint density at radius 1 is 1.07 bits per heavy atom. The van der Waals surface area contributed by atoms with Crippen molar-refractivity contribution in [3.63, 3.8) is 0 Å². The van der Waals surface area contributed by atoms with Crippen LogP contribution in [0.25, 0.3) is 0 Å². The van der Waals surface area contributed by atoms with Crippen LogP contribution >= 0.6 is 24.0 Å². The maximum Gasteiger partial charge on any atom is 0.188 e. The van der Waals surface area contributed by atoms with Gasteiger partial charge < -0.3 is 20.5 Å². The zero-order valence-corrected chi connectivity index (χ0v) is 19.1. The summed E-state index contributed by atoms with van der Waals surface area (Å²) in [4.78, 5) is 4.37. The Bertz CT molecular complexity index is 695. The van der Waals surface area contributed by atoms with Gasteiger partial charge in [-0.25, -0.2) is 0 Å². The van der Waals surface area contributed by atoms with Crippen LogP contribution in [0.4, 0.5) is 0 Å². The number of nitrogens with one attached hydrogen (secondary N) is 1. The molecule has 0 saturated carbocycles. The van der Waals surface area contributed by atoms with E-state index in [0.717, 1.165) is 25.0 Å². The van der Waals surface area contributed by atoms with Crippen LogP contribution < -0.4 is 15.8 Å². The fourth-order valence-corrected chi connectivity index (χ4v) is 2.80. The average Bonchev–Trinajstić information content (AvgIpc) is 2.66. The highest BCUT2D eigenvalue weighted by Gasteiger charge is 2.02. The van der Waals surface area contributed by atoms with Gasteiger partial charge in [-0.2, -0.15) is 0 Å². The Balaban J connectivity index is 0.00000392. The van der Waals surface area contributed by atoms with E-state index in [2.05, 4.69) is 46.7 Å². The van der Waals surface area contributed by atoms with Gasteiger partial charge in [-0.15, -0.1) is 24.0 Å². The summed E-state index contributed by atoms with van der Waals surface area (Å²) in [7, 11) is 1.67. The first kappa shape index (κ1) is 24.2. The van der Waals surface area contributed by atoms with E-state index >= 15 is 0 Å². The number of nitrogens with two attached hydrogens (primary N) is 1. The molecule has 2 rings (SSSR count). The number of aliphatic imine (C=N–C) groups is 1. The lowest BCUT2D eigenvalue weighted by molar-refractivity contribution is 0.179. The Morgan fingerprint density at radius 2 is 1.82 bits per heavy atom. The standard InChI is InChI=1S/C22H31N3O2.HI/c1-18(17-26-2)25-22(23)24-14-13-20-10-6-12-21(16-20)27-15-7-11-19-8-4-3-5-9-19;/h3-6,8-10,12,16,18H,7,11,13-15,17H2,1-2H3,(H3,23,24,25);1H. The third-order valence-corrected chi connectivity index (χ3v) is 4.11. The lowest BCUT2D eigenvalue weighted by Crippen LogP contribution is -2.40. The van der Waals surface area contributed by atoms with E-state index in [1.165, 1.54) is 11.1 Å². The van der Waals surface area contributed by atoms with Gasteiger partial charge in [0.1, 0.15) is 5.75 Å². The first-order chi connectivity index (χ1) is 13.2. The number of hydrogen-bond donors (Lipinski definition) is 2. The number of nitrogens with zero attached hydrogens (tertiary/aromatic N) is 1. The van der Waals surface area contributed by atoms with Gasteiger partial charge in [-0.05, 0) is 49.4 Å². The van der Waals surface area contributed by atoms with Gasteiger partial charge in [-0.1, -0.05) is 42.5 Å². The van der Waals surface area contributed by atoms with Crippen molar-refractivity contribution in [1.82, 2.24) is 5.32 Å². The van der Waals surface area contributed by atoms with Crippen molar-refractivity contribution >= 4 is 29.9 Å². The number of guanidine groups is 1. The zero-order chi connectivity index (χ0) is 19.3. The van der Waals surface area contributed by atoms with Crippen LogP contribution in [0, 0.1) is 0 Å². The predicted octanol–water partition coefficient (Wildman–Crippen LogP) is 3.80. The minimum Gasteiger partial charge on any atom is -0.494 e. The molecule has 0 aromatic heterocycles. The molecule has 154 valence electrons. The predicted molar refractivity (Wildman–Crippen MR) is 127 cm³/mol. The summed E-state index contributed by atoms with van der Waals surface area (Å²) in [6, 6.07) is 18.8. The van der Waals surface area contributed by atoms with E-state index in [-0.39, 0.29) is 30.0 Å². The molecule has 0 aliphatic carbocycles. The van der Waals surface area contributed by atoms with E-state index in [1.807, 2.05) is 25.1 Å². The first-order valence-corrected chi connectivity index (χ1v) is 9.48. The number of aryl methyl sites for hydroxylation is 1. The average molecular weight is 497 g/mol.